The Kier molecular flexibility index (Phi) is 3.23. The highest BCUT2D eigenvalue weighted by molar-refractivity contribution is 9.10. The summed E-state index contributed by atoms with van der Waals surface area (Å²) in [5.41, 5.74) is 2.14. The molecule has 0 saturated heterocycles. The van der Waals surface area contributed by atoms with Crippen LogP contribution < -0.4 is 0 Å². The van der Waals surface area contributed by atoms with Gasteiger partial charge in [-0.25, -0.2) is 14.5 Å². The lowest BCUT2D eigenvalue weighted by Crippen LogP contribution is -2.05. The molecule has 0 N–H and O–H groups in total. The predicted octanol–water partition coefficient (Wildman–Crippen LogP) is 2.12. The van der Waals surface area contributed by atoms with E-state index in [1.54, 1.807) is 17.1 Å². The summed E-state index contributed by atoms with van der Waals surface area (Å²) in [5.74, 6) is -0.358. The second-order valence-corrected chi connectivity index (χ2v) is 4.16. The third-order valence-corrected chi connectivity index (χ3v) is 2.72. The maximum absolute atomic E-state index is 11.5. The van der Waals surface area contributed by atoms with Crippen LogP contribution in [0.3, 0.4) is 0 Å². The van der Waals surface area contributed by atoms with Crippen LogP contribution >= 0.6 is 15.9 Å². The maximum Gasteiger partial charge on any atom is 0.338 e. The molecule has 1 aromatic carbocycles. The monoisotopic (exact) mass is 295 g/mol. The van der Waals surface area contributed by atoms with E-state index in [4.69, 9.17) is 4.74 Å². The molecule has 0 aliphatic heterocycles. The number of methoxy groups -OCH3 is 1. The first-order valence-corrected chi connectivity index (χ1v) is 5.67. The summed E-state index contributed by atoms with van der Waals surface area (Å²) in [6.45, 7) is 1.85. The van der Waals surface area contributed by atoms with Gasteiger partial charge in [0, 0.05) is 0 Å². The molecule has 0 aliphatic rings. The van der Waals surface area contributed by atoms with Gasteiger partial charge in [0.15, 0.2) is 0 Å². The van der Waals surface area contributed by atoms with E-state index in [0.29, 0.717) is 10.3 Å². The zero-order valence-corrected chi connectivity index (χ0v) is 10.9. The fraction of sp³-hybridized carbons (Fsp3) is 0.182. The quantitative estimate of drug-likeness (QED) is 0.797. The molecule has 0 fully saturated rings. The van der Waals surface area contributed by atoms with Gasteiger partial charge in [-0.2, -0.15) is 0 Å². The number of hydrogen-bond acceptors (Lipinski definition) is 4. The van der Waals surface area contributed by atoms with Crippen molar-refractivity contribution in [2.45, 2.75) is 6.92 Å². The number of hydrogen-bond donors (Lipinski definition) is 0. The van der Waals surface area contributed by atoms with E-state index in [2.05, 4.69) is 26.0 Å². The lowest BCUT2D eigenvalue weighted by atomic mass is 10.1. The molecule has 2 aromatic rings. The fourth-order valence-electron chi connectivity index (χ4n) is 1.45. The number of ether oxygens (including phenoxy) is 1. The van der Waals surface area contributed by atoms with Gasteiger partial charge in [-0.1, -0.05) is 6.07 Å². The van der Waals surface area contributed by atoms with Gasteiger partial charge in [-0.3, -0.25) is 0 Å². The highest BCUT2D eigenvalue weighted by atomic mass is 79.9. The summed E-state index contributed by atoms with van der Waals surface area (Å²) in [5, 5.41) is 4.11. The van der Waals surface area contributed by atoms with E-state index in [0.717, 1.165) is 11.3 Å². The molecule has 17 heavy (non-hydrogen) atoms. The number of aromatic nitrogens is 3. The molecule has 5 nitrogen and oxygen atoms in total. The molecule has 0 saturated carbocycles. The molecule has 6 heteroatoms. The lowest BCUT2D eigenvalue weighted by Gasteiger charge is -2.06. The first-order chi connectivity index (χ1) is 8.11. The molecule has 88 valence electrons. The Labute approximate surface area is 107 Å². The van der Waals surface area contributed by atoms with Crippen LogP contribution in [-0.2, 0) is 4.74 Å². The normalized spacial score (nSPS) is 10.3. The average molecular weight is 296 g/mol. The van der Waals surface area contributed by atoms with Crippen LogP contribution in [0.4, 0.5) is 0 Å². The number of nitrogens with zero attached hydrogens (tertiary/aromatic N) is 3. The first kappa shape index (κ1) is 11.8. The Morgan fingerprint density at radius 2 is 2.24 bits per heavy atom. The maximum atomic E-state index is 11.5. The number of carbonyl (C=O) groups excluding carboxylic acids is 1. The van der Waals surface area contributed by atoms with Crippen molar-refractivity contribution >= 4 is 21.9 Å². The van der Waals surface area contributed by atoms with Gasteiger partial charge in [-0.05, 0) is 40.5 Å². The second kappa shape index (κ2) is 4.67. The van der Waals surface area contributed by atoms with E-state index in [9.17, 15) is 4.79 Å². The smallest absolute Gasteiger partial charge is 0.338 e. The van der Waals surface area contributed by atoms with Gasteiger partial charge >= 0.3 is 5.97 Å². The third-order valence-electron chi connectivity index (χ3n) is 2.35. The van der Waals surface area contributed by atoms with Gasteiger partial charge in [0.25, 0.3) is 0 Å². The summed E-state index contributed by atoms with van der Waals surface area (Å²) in [6, 6.07) is 5.43. The Balaban J connectivity index is 2.47. The van der Waals surface area contributed by atoms with Crippen LogP contribution in [0, 0.1) is 6.92 Å². The molecule has 1 heterocycles. The van der Waals surface area contributed by atoms with Crippen molar-refractivity contribution in [1.82, 2.24) is 14.8 Å². The molecular weight excluding hydrogens is 286 g/mol. The molecule has 0 atom stereocenters. The predicted molar refractivity (Wildman–Crippen MR) is 65.1 cm³/mol. The minimum Gasteiger partial charge on any atom is -0.465 e. The van der Waals surface area contributed by atoms with Crippen molar-refractivity contribution in [3.05, 3.63) is 40.4 Å². The molecule has 0 bridgehead atoms. The summed E-state index contributed by atoms with van der Waals surface area (Å²) in [6.07, 6.45) is 1.57. The molecule has 0 unspecified atom stereocenters. The summed E-state index contributed by atoms with van der Waals surface area (Å²) < 4.78 is 6.80. The molecule has 0 aliphatic carbocycles. The largest absolute Gasteiger partial charge is 0.465 e. The molecule has 0 radical (unpaired) electrons. The van der Waals surface area contributed by atoms with Crippen LogP contribution in [0.25, 0.3) is 5.69 Å². The number of halogens is 1. The topological polar surface area (TPSA) is 57.0 Å². The third kappa shape index (κ3) is 2.36. The van der Waals surface area contributed by atoms with Crippen molar-refractivity contribution in [1.29, 1.82) is 0 Å². The van der Waals surface area contributed by atoms with E-state index in [1.165, 1.54) is 7.11 Å². The number of aryl methyl sites for hydroxylation is 1. The van der Waals surface area contributed by atoms with Crippen molar-refractivity contribution in [3.8, 4) is 5.69 Å². The molecule has 0 spiro atoms. The van der Waals surface area contributed by atoms with Crippen molar-refractivity contribution in [2.24, 2.45) is 0 Å². The Morgan fingerprint density at radius 3 is 2.82 bits per heavy atom. The van der Waals surface area contributed by atoms with E-state index in [-0.39, 0.29) is 5.97 Å². The van der Waals surface area contributed by atoms with Crippen LogP contribution in [-0.4, -0.2) is 27.8 Å². The molecule has 2 rings (SSSR count). The lowest BCUT2D eigenvalue weighted by molar-refractivity contribution is 0.0600. The van der Waals surface area contributed by atoms with Crippen molar-refractivity contribution < 1.29 is 9.53 Å². The highest BCUT2D eigenvalue weighted by Crippen LogP contribution is 2.15. The number of esters is 1. The summed E-state index contributed by atoms with van der Waals surface area (Å²) >= 11 is 3.17. The van der Waals surface area contributed by atoms with Crippen LogP contribution in [0.5, 0.6) is 0 Å². The minimum atomic E-state index is -0.358. The highest BCUT2D eigenvalue weighted by Gasteiger charge is 2.11. The van der Waals surface area contributed by atoms with Gasteiger partial charge < -0.3 is 4.74 Å². The summed E-state index contributed by atoms with van der Waals surface area (Å²) in [7, 11) is 1.36. The molecule has 1 aromatic heterocycles. The van der Waals surface area contributed by atoms with Gasteiger partial charge in [0.2, 0.25) is 4.73 Å². The van der Waals surface area contributed by atoms with Crippen molar-refractivity contribution in [3.63, 3.8) is 0 Å². The van der Waals surface area contributed by atoms with E-state index < -0.39 is 0 Å². The second-order valence-electron chi connectivity index (χ2n) is 3.45. The van der Waals surface area contributed by atoms with Gasteiger partial charge in [0.05, 0.1) is 18.4 Å². The SMILES string of the molecule is COC(=O)c1cc(-n2cnc(Br)n2)ccc1C. The van der Waals surface area contributed by atoms with Crippen LogP contribution in [0.15, 0.2) is 29.3 Å². The number of rotatable bonds is 2. The van der Waals surface area contributed by atoms with E-state index >= 15 is 0 Å². The first-order valence-electron chi connectivity index (χ1n) is 4.88. The standard InChI is InChI=1S/C11H10BrN3O2/c1-7-3-4-8(5-9(7)10(16)17-2)15-6-13-11(12)14-15/h3-6H,1-2H3. The molecular formula is C11H10BrN3O2. The van der Waals surface area contributed by atoms with Crippen LogP contribution in [0.2, 0.25) is 0 Å². The van der Waals surface area contributed by atoms with Gasteiger partial charge in [-0.15, -0.1) is 5.10 Å². The fourth-order valence-corrected chi connectivity index (χ4v) is 1.71. The van der Waals surface area contributed by atoms with E-state index in [1.807, 2.05) is 19.1 Å². The van der Waals surface area contributed by atoms with Crippen LogP contribution in [0.1, 0.15) is 15.9 Å². The summed E-state index contributed by atoms with van der Waals surface area (Å²) in [4.78, 5) is 15.5. The Hall–Kier alpha value is -1.69. The number of carbonyl (C=O) groups is 1. The zero-order chi connectivity index (χ0) is 12.4. The molecule has 0 amide bonds. The van der Waals surface area contributed by atoms with Gasteiger partial charge in [0.1, 0.15) is 6.33 Å². The van der Waals surface area contributed by atoms with Crippen molar-refractivity contribution in [2.75, 3.05) is 7.11 Å². The zero-order valence-electron chi connectivity index (χ0n) is 9.35. The Morgan fingerprint density at radius 1 is 1.47 bits per heavy atom. The Bertz CT molecular complexity index is 566. The minimum absolute atomic E-state index is 0.358. The average Bonchev–Trinajstić information content (AvgIpc) is 2.75. The number of benzene rings is 1.